The summed E-state index contributed by atoms with van der Waals surface area (Å²) < 4.78 is 39.5. The van der Waals surface area contributed by atoms with Crippen LogP contribution in [-0.2, 0) is 42.2 Å². The zero-order chi connectivity index (χ0) is 56.9. The van der Waals surface area contributed by atoms with Crippen LogP contribution < -0.4 is 0 Å². The molecule has 3 atom stereocenters. The van der Waals surface area contributed by atoms with Crippen LogP contribution in [-0.4, -0.2) is 66.5 Å². The number of hydrogen-bond acceptors (Lipinski definition) is 10. The van der Waals surface area contributed by atoms with Crippen LogP contribution in [0.15, 0.2) is 122 Å². The highest BCUT2D eigenvalue weighted by atomic mass is 31.2. The molecule has 0 aliphatic heterocycles. The average Bonchev–Trinajstić information content (AvgIpc) is 3.43. The maximum atomic E-state index is 12.9. The largest absolute Gasteiger partial charge is 0.472 e. The molecule has 0 heterocycles. The Morgan fingerprint density at radius 3 is 1.09 bits per heavy atom. The molecule has 0 aromatic carbocycles. The summed E-state index contributed by atoms with van der Waals surface area (Å²) in [5, 5.41) is 9.84. The molecule has 0 aliphatic carbocycles. The minimum atomic E-state index is -4.78. The van der Waals surface area contributed by atoms with Crippen molar-refractivity contribution in [2.45, 2.75) is 251 Å². The molecule has 12 heteroatoms. The Morgan fingerprint density at radius 2 is 0.679 bits per heavy atom. The normalized spacial score (nSPS) is 14.2. The molecular weight excluding hydrogens is 1000 g/mol. The van der Waals surface area contributed by atoms with Crippen molar-refractivity contribution < 1.29 is 52.2 Å². The number of ether oxygens (including phenoxy) is 3. The van der Waals surface area contributed by atoms with Gasteiger partial charge >= 0.3 is 25.7 Å². The van der Waals surface area contributed by atoms with Crippen LogP contribution in [0.1, 0.15) is 239 Å². The van der Waals surface area contributed by atoms with Crippen molar-refractivity contribution >= 4 is 25.7 Å². The molecule has 11 nitrogen and oxygen atoms in total. The number of unbranched alkanes of at least 4 members (excludes halogenated alkanes) is 18. The second kappa shape index (κ2) is 59.0. The second-order valence-electron chi connectivity index (χ2n) is 19.7. The molecule has 0 amide bonds. The summed E-state index contributed by atoms with van der Waals surface area (Å²) in [4.78, 5) is 48.6. The molecule has 444 valence electrons. The van der Waals surface area contributed by atoms with E-state index in [1.807, 2.05) is 12.2 Å². The molecule has 78 heavy (non-hydrogen) atoms. The summed E-state index contributed by atoms with van der Waals surface area (Å²) in [6, 6.07) is 0. The van der Waals surface area contributed by atoms with E-state index < -0.39 is 57.8 Å². The molecule has 0 aliphatic rings. The van der Waals surface area contributed by atoms with Gasteiger partial charge in [-0.1, -0.05) is 219 Å². The number of aliphatic hydroxyl groups excluding tert-OH is 1. The molecule has 0 spiro atoms. The van der Waals surface area contributed by atoms with Crippen LogP contribution in [0.25, 0.3) is 0 Å². The van der Waals surface area contributed by atoms with Gasteiger partial charge in [-0.3, -0.25) is 23.4 Å². The monoisotopic (exact) mass is 1110 g/mol. The summed E-state index contributed by atoms with van der Waals surface area (Å²) in [5.74, 6) is -1.58. The Bertz CT molecular complexity index is 1770. The van der Waals surface area contributed by atoms with Crippen molar-refractivity contribution in [3.8, 4) is 0 Å². The highest BCUT2D eigenvalue weighted by Crippen LogP contribution is 2.43. The third-order valence-electron chi connectivity index (χ3n) is 12.3. The molecule has 0 bridgehead atoms. The molecule has 2 N–H and O–H groups in total. The molecule has 0 aromatic rings. The topological polar surface area (TPSA) is 155 Å². The summed E-state index contributed by atoms with van der Waals surface area (Å²) in [6.45, 7) is 4.32. The van der Waals surface area contributed by atoms with E-state index in [9.17, 15) is 28.9 Å². The predicted octanol–water partition coefficient (Wildman–Crippen LogP) is 18.4. The van der Waals surface area contributed by atoms with Gasteiger partial charge in [-0.2, -0.15) is 0 Å². The summed E-state index contributed by atoms with van der Waals surface area (Å²) in [5.41, 5.74) is 0. The van der Waals surface area contributed by atoms with Gasteiger partial charge in [-0.05, 0) is 122 Å². The lowest BCUT2D eigenvalue weighted by molar-refractivity contribution is -0.161. The van der Waals surface area contributed by atoms with Gasteiger partial charge in [0, 0.05) is 19.3 Å². The van der Waals surface area contributed by atoms with E-state index in [2.05, 4.69) is 130 Å². The quantitative estimate of drug-likeness (QED) is 0.0197. The lowest BCUT2D eigenvalue weighted by Gasteiger charge is -2.21. The van der Waals surface area contributed by atoms with Crippen molar-refractivity contribution in [3.05, 3.63) is 122 Å². The molecule has 0 saturated carbocycles. The number of aliphatic hydroxyl groups is 1. The molecule has 0 aromatic heterocycles. The number of phosphoric acid groups is 1. The molecule has 0 rings (SSSR count). The maximum Gasteiger partial charge on any atom is 0.472 e. The van der Waals surface area contributed by atoms with Crippen LogP contribution in [0.4, 0.5) is 0 Å². The van der Waals surface area contributed by atoms with Crippen LogP contribution in [0.3, 0.4) is 0 Å². The van der Waals surface area contributed by atoms with E-state index in [0.29, 0.717) is 25.7 Å². The zero-order valence-corrected chi connectivity index (χ0v) is 50.0. The third-order valence-corrected chi connectivity index (χ3v) is 13.3. The van der Waals surface area contributed by atoms with Gasteiger partial charge in [-0.15, -0.1) is 0 Å². The Kier molecular flexibility index (Phi) is 55.9. The Hall–Kier alpha value is -4.12. The van der Waals surface area contributed by atoms with Crippen LogP contribution in [0, 0.1) is 0 Å². The number of phosphoric ester groups is 1. The number of hydrogen-bond donors (Lipinski definition) is 2. The Balaban J connectivity index is 4.83. The fraction of sp³-hybridized carbons (Fsp3) is 0.652. The first kappa shape index (κ1) is 73.9. The fourth-order valence-electron chi connectivity index (χ4n) is 7.79. The summed E-state index contributed by atoms with van der Waals surface area (Å²) in [6.07, 6.45) is 73.0. The third kappa shape index (κ3) is 56.6. The smallest absolute Gasteiger partial charge is 0.462 e. The van der Waals surface area contributed by atoms with Gasteiger partial charge in [0.25, 0.3) is 0 Å². The van der Waals surface area contributed by atoms with E-state index in [4.69, 9.17) is 23.3 Å². The standard InChI is InChI=1S/C66H109O11P/c1-4-7-10-13-16-19-22-25-28-31-34-37-40-43-46-49-52-55-64(68)73-59-63(77-66(70)57-54-51-48-45-42-39-36-33-30-27-24-21-18-15-12-9-6-3)61-75-78(71,72)74-60-62(58-67)76-65(69)56-53-50-47-44-41-38-35-32-29-26-23-20-17-14-11-8-5-2/h7,9-10,12,16,18-19,21,25-30,34,36-37,39,45,48,62-63,67H,4-6,8,11,13-15,17,20,22-24,31-33,35,38,40-44,46-47,49-61H2,1-3H3,(H,71,72)/b10-7-,12-9-,19-16-,21-18-,28-25-,29-26-,30-27-,37-34-,39-36-,48-45-. The molecule has 0 saturated heterocycles. The van der Waals surface area contributed by atoms with Crippen molar-refractivity contribution in [1.82, 2.24) is 0 Å². The van der Waals surface area contributed by atoms with Crippen molar-refractivity contribution in [2.24, 2.45) is 0 Å². The lowest BCUT2D eigenvalue weighted by atomic mass is 10.1. The van der Waals surface area contributed by atoms with Crippen LogP contribution in [0.2, 0.25) is 0 Å². The SMILES string of the molecule is CC/C=C\C/C=C\C/C=C\C/C=C\C/C=C\CCCC(=O)OC(COC(=O)CCCCCC/C=C\C/C=C\C/C=C\C/C=C\CC)COP(=O)(O)OCC(CO)OC(=O)CCCCCCCCC/C=C\CCCCCCCC. The van der Waals surface area contributed by atoms with Crippen LogP contribution >= 0.6 is 7.82 Å². The van der Waals surface area contributed by atoms with Gasteiger partial charge in [0.05, 0.1) is 19.8 Å². The molecular formula is C66H109O11P. The van der Waals surface area contributed by atoms with Crippen LogP contribution in [0.5, 0.6) is 0 Å². The number of allylic oxidation sites excluding steroid dienone is 20. The number of esters is 3. The average molecular weight is 1110 g/mol. The maximum absolute atomic E-state index is 12.9. The predicted molar refractivity (Wildman–Crippen MR) is 325 cm³/mol. The number of rotatable bonds is 55. The van der Waals surface area contributed by atoms with Crippen molar-refractivity contribution in [2.75, 3.05) is 26.4 Å². The molecule has 3 unspecified atom stereocenters. The van der Waals surface area contributed by atoms with Crippen molar-refractivity contribution in [1.29, 1.82) is 0 Å². The van der Waals surface area contributed by atoms with E-state index in [1.54, 1.807) is 0 Å². The molecule has 0 fully saturated rings. The van der Waals surface area contributed by atoms with E-state index in [1.165, 1.54) is 64.2 Å². The van der Waals surface area contributed by atoms with Crippen molar-refractivity contribution in [3.63, 3.8) is 0 Å². The minimum absolute atomic E-state index is 0.0774. The highest BCUT2D eigenvalue weighted by molar-refractivity contribution is 7.47. The lowest BCUT2D eigenvalue weighted by Crippen LogP contribution is -2.30. The van der Waals surface area contributed by atoms with Gasteiger partial charge in [-0.25, -0.2) is 4.57 Å². The number of carbonyl (C=O) groups excluding carboxylic acids is 3. The van der Waals surface area contributed by atoms with E-state index in [0.717, 1.165) is 109 Å². The Morgan fingerprint density at radius 1 is 0.372 bits per heavy atom. The first-order chi connectivity index (χ1) is 38.2. The van der Waals surface area contributed by atoms with Gasteiger partial charge in [0.2, 0.25) is 0 Å². The second-order valence-corrected chi connectivity index (χ2v) is 21.2. The first-order valence-corrected chi connectivity index (χ1v) is 31.9. The van der Waals surface area contributed by atoms with Gasteiger partial charge in [0.15, 0.2) is 6.10 Å². The Labute approximate surface area is 475 Å². The number of carbonyl (C=O) groups is 3. The van der Waals surface area contributed by atoms with E-state index >= 15 is 0 Å². The molecule has 0 radical (unpaired) electrons. The van der Waals surface area contributed by atoms with E-state index in [-0.39, 0.29) is 25.9 Å². The van der Waals surface area contributed by atoms with Gasteiger partial charge < -0.3 is 24.2 Å². The fourth-order valence-corrected chi connectivity index (χ4v) is 8.57. The summed E-state index contributed by atoms with van der Waals surface area (Å²) >= 11 is 0. The first-order valence-electron chi connectivity index (χ1n) is 30.4. The van der Waals surface area contributed by atoms with Gasteiger partial charge in [0.1, 0.15) is 12.7 Å². The zero-order valence-electron chi connectivity index (χ0n) is 49.1. The summed E-state index contributed by atoms with van der Waals surface area (Å²) in [7, 11) is -4.78. The minimum Gasteiger partial charge on any atom is -0.462 e. The highest BCUT2D eigenvalue weighted by Gasteiger charge is 2.28.